The Bertz CT molecular complexity index is 473. The summed E-state index contributed by atoms with van der Waals surface area (Å²) in [7, 11) is 0. The fourth-order valence-corrected chi connectivity index (χ4v) is 2.18. The van der Waals surface area contributed by atoms with Crippen molar-refractivity contribution in [3.8, 4) is 6.07 Å². The van der Waals surface area contributed by atoms with E-state index in [0.29, 0.717) is 17.9 Å². The van der Waals surface area contributed by atoms with E-state index in [-0.39, 0.29) is 5.91 Å². The minimum Gasteiger partial charge on any atom is -0.354 e. The van der Waals surface area contributed by atoms with Crippen molar-refractivity contribution in [2.75, 3.05) is 6.54 Å². The van der Waals surface area contributed by atoms with E-state index in [1.165, 1.54) is 0 Å². The summed E-state index contributed by atoms with van der Waals surface area (Å²) in [6, 6.07) is 11.3. The number of nitrogens with zero attached hydrogens (tertiary/aromatic N) is 1. The summed E-state index contributed by atoms with van der Waals surface area (Å²) in [5, 5.41) is 12.0. The summed E-state index contributed by atoms with van der Waals surface area (Å²) in [5.74, 6) is -0.337. The number of nitrogens with one attached hydrogen (secondary N) is 1. The molecule has 0 heterocycles. The molecule has 1 amide bonds. The molecule has 0 aromatic heterocycles. The molecule has 2 unspecified atom stereocenters. The van der Waals surface area contributed by atoms with E-state index in [9.17, 15) is 4.79 Å². The van der Waals surface area contributed by atoms with E-state index in [0.717, 1.165) is 12.0 Å². The number of benzene rings is 1. The Hall–Kier alpha value is -1.82. The van der Waals surface area contributed by atoms with Crippen LogP contribution in [0, 0.1) is 22.7 Å². The van der Waals surface area contributed by atoms with Crippen molar-refractivity contribution in [2.24, 2.45) is 11.3 Å². The van der Waals surface area contributed by atoms with Crippen LogP contribution in [0.5, 0.6) is 0 Å². The predicted octanol–water partition coefficient (Wildman–Crippen LogP) is 2.46. The van der Waals surface area contributed by atoms with Gasteiger partial charge in [-0.25, -0.2) is 0 Å². The highest BCUT2D eigenvalue weighted by atomic mass is 16.1. The summed E-state index contributed by atoms with van der Waals surface area (Å²) in [5.41, 5.74) is 1.11. The zero-order valence-electron chi connectivity index (χ0n) is 10.8. The van der Waals surface area contributed by atoms with Gasteiger partial charge >= 0.3 is 0 Å². The zero-order valence-corrected chi connectivity index (χ0v) is 10.8. The monoisotopic (exact) mass is 242 g/mol. The van der Waals surface area contributed by atoms with Crippen LogP contribution in [0.3, 0.4) is 0 Å². The van der Waals surface area contributed by atoms with E-state index in [1.54, 1.807) is 0 Å². The molecule has 0 spiro atoms. The van der Waals surface area contributed by atoms with Gasteiger partial charge in [-0.15, -0.1) is 0 Å². The summed E-state index contributed by atoms with van der Waals surface area (Å²) >= 11 is 0. The normalized spacial score (nSPS) is 21.7. The predicted molar refractivity (Wildman–Crippen MR) is 69.7 cm³/mol. The number of hydrogen-bond acceptors (Lipinski definition) is 2. The summed E-state index contributed by atoms with van der Waals surface area (Å²) in [6.45, 7) is 5.07. The van der Waals surface area contributed by atoms with Crippen molar-refractivity contribution in [3.05, 3.63) is 35.9 Å². The maximum absolute atomic E-state index is 12.0. The molecular weight excluding hydrogens is 224 g/mol. The fraction of sp³-hybridized carbons (Fsp3) is 0.467. The quantitative estimate of drug-likeness (QED) is 0.881. The van der Waals surface area contributed by atoms with Crippen LogP contribution in [0.15, 0.2) is 30.3 Å². The van der Waals surface area contributed by atoms with E-state index in [2.05, 4.69) is 25.2 Å². The molecule has 2 rings (SSSR count). The Morgan fingerprint density at radius 1 is 1.50 bits per heavy atom. The molecule has 0 saturated heterocycles. The van der Waals surface area contributed by atoms with Crippen LogP contribution in [0.2, 0.25) is 0 Å². The van der Waals surface area contributed by atoms with Crippen LogP contribution < -0.4 is 5.32 Å². The molecule has 1 N–H and O–H groups in total. The first-order valence-corrected chi connectivity index (χ1v) is 6.27. The highest BCUT2D eigenvalue weighted by molar-refractivity contribution is 5.86. The first kappa shape index (κ1) is 12.6. The molecule has 1 fully saturated rings. The largest absolute Gasteiger partial charge is 0.354 e. The second kappa shape index (κ2) is 4.81. The van der Waals surface area contributed by atoms with Gasteiger partial charge in [-0.1, -0.05) is 44.2 Å². The van der Waals surface area contributed by atoms with Gasteiger partial charge in [-0.2, -0.15) is 5.26 Å². The highest BCUT2D eigenvalue weighted by Crippen LogP contribution is 2.51. The molecule has 1 aliphatic carbocycles. The average Bonchev–Trinajstić information content (AvgIpc) is 2.97. The van der Waals surface area contributed by atoms with Crippen LogP contribution >= 0.6 is 0 Å². The number of amides is 1. The zero-order chi connectivity index (χ0) is 13.2. The SMILES string of the molecule is CC1(C)CC1CNC(=O)C(C#N)c1ccccc1. The molecule has 94 valence electrons. The van der Waals surface area contributed by atoms with Crippen LogP contribution in [-0.2, 0) is 4.79 Å². The van der Waals surface area contributed by atoms with Gasteiger partial charge < -0.3 is 5.32 Å². The topological polar surface area (TPSA) is 52.9 Å². The van der Waals surface area contributed by atoms with E-state index in [4.69, 9.17) is 5.26 Å². The number of rotatable bonds is 4. The van der Waals surface area contributed by atoms with Gasteiger partial charge in [0.15, 0.2) is 0 Å². The molecule has 1 aliphatic rings. The van der Waals surface area contributed by atoms with E-state index in [1.807, 2.05) is 30.3 Å². The first-order chi connectivity index (χ1) is 8.54. The van der Waals surface area contributed by atoms with Gasteiger partial charge in [0.05, 0.1) is 6.07 Å². The smallest absolute Gasteiger partial charge is 0.241 e. The van der Waals surface area contributed by atoms with E-state index >= 15 is 0 Å². The van der Waals surface area contributed by atoms with Crippen molar-refractivity contribution in [2.45, 2.75) is 26.2 Å². The van der Waals surface area contributed by atoms with Crippen molar-refractivity contribution in [3.63, 3.8) is 0 Å². The Labute approximate surface area is 108 Å². The van der Waals surface area contributed by atoms with Gasteiger partial charge in [-0.05, 0) is 23.3 Å². The lowest BCUT2D eigenvalue weighted by molar-refractivity contribution is -0.121. The average molecular weight is 242 g/mol. The van der Waals surface area contributed by atoms with Gasteiger partial charge in [0.25, 0.3) is 0 Å². The maximum atomic E-state index is 12.0. The van der Waals surface area contributed by atoms with Crippen LogP contribution in [0.4, 0.5) is 0 Å². The van der Waals surface area contributed by atoms with Crippen LogP contribution in [-0.4, -0.2) is 12.5 Å². The molecule has 1 aromatic carbocycles. The number of hydrogen-bond donors (Lipinski definition) is 1. The lowest BCUT2D eigenvalue weighted by atomic mass is 10.00. The first-order valence-electron chi connectivity index (χ1n) is 6.27. The second-order valence-corrected chi connectivity index (χ2v) is 5.61. The third-order valence-electron chi connectivity index (χ3n) is 3.76. The van der Waals surface area contributed by atoms with Gasteiger partial charge in [0.2, 0.25) is 5.91 Å². The van der Waals surface area contributed by atoms with Crippen molar-refractivity contribution in [1.82, 2.24) is 5.32 Å². The minimum atomic E-state index is -0.701. The Morgan fingerprint density at radius 3 is 2.61 bits per heavy atom. The van der Waals surface area contributed by atoms with Crippen molar-refractivity contribution >= 4 is 5.91 Å². The van der Waals surface area contributed by atoms with Gasteiger partial charge in [0, 0.05) is 6.54 Å². The van der Waals surface area contributed by atoms with E-state index < -0.39 is 5.92 Å². The Kier molecular flexibility index (Phi) is 3.38. The molecule has 1 aromatic rings. The maximum Gasteiger partial charge on any atom is 0.241 e. The lowest BCUT2D eigenvalue weighted by Crippen LogP contribution is -2.31. The molecule has 0 bridgehead atoms. The van der Waals surface area contributed by atoms with Gasteiger partial charge in [0.1, 0.15) is 5.92 Å². The molecule has 0 aliphatic heterocycles. The Balaban J connectivity index is 1.93. The standard InChI is InChI=1S/C15H18N2O/c1-15(2)8-12(15)10-17-14(18)13(9-16)11-6-4-3-5-7-11/h3-7,12-13H,8,10H2,1-2H3,(H,17,18). The van der Waals surface area contributed by atoms with Crippen LogP contribution in [0.25, 0.3) is 0 Å². The molecule has 3 heteroatoms. The number of carbonyl (C=O) groups excluding carboxylic acids is 1. The molecule has 0 radical (unpaired) electrons. The summed E-state index contributed by atoms with van der Waals surface area (Å²) in [6.07, 6.45) is 1.15. The van der Waals surface area contributed by atoms with Crippen molar-refractivity contribution < 1.29 is 4.79 Å². The van der Waals surface area contributed by atoms with Crippen molar-refractivity contribution in [1.29, 1.82) is 5.26 Å². The van der Waals surface area contributed by atoms with Gasteiger partial charge in [-0.3, -0.25) is 4.79 Å². The third kappa shape index (κ3) is 2.70. The highest BCUT2D eigenvalue weighted by Gasteiger charge is 2.45. The minimum absolute atomic E-state index is 0.189. The third-order valence-corrected chi connectivity index (χ3v) is 3.76. The summed E-state index contributed by atoms with van der Waals surface area (Å²) < 4.78 is 0. The number of carbonyl (C=O) groups is 1. The Morgan fingerprint density at radius 2 is 2.11 bits per heavy atom. The number of nitriles is 1. The van der Waals surface area contributed by atoms with Crippen LogP contribution in [0.1, 0.15) is 31.7 Å². The lowest BCUT2D eigenvalue weighted by Gasteiger charge is -2.11. The molecule has 1 saturated carbocycles. The second-order valence-electron chi connectivity index (χ2n) is 5.61. The molecule has 2 atom stereocenters. The molecule has 3 nitrogen and oxygen atoms in total. The summed E-state index contributed by atoms with van der Waals surface area (Å²) in [4.78, 5) is 12.0. The molecule has 18 heavy (non-hydrogen) atoms. The fourth-order valence-electron chi connectivity index (χ4n) is 2.18. The molecular formula is C15H18N2O.